The lowest BCUT2D eigenvalue weighted by Crippen LogP contribution is -2.04. The molecule has 1 atom stereocenters. The van der Waals surface area contributed by atoms with E-state index < -0.39 is 0 Å². The molecule has 0 saturated heterocycles. The van der Waals surface area contributed by atoms with Crippen molar-refractivity contribution in [3.8, 4) is 29.6 Å². The highest BCUT2D eigenvalue weighted by Crippen LogP contribution is 2.48. The molecule has 0 amide bonds. The third-order valence-corrected chi connectivity index (χ3v) is 3.36. The number of halogens is 1. The summed E-state index contributed by atoms with van der Waals surface area (Å²) in [5.74, 6) is 4.47. The minimum absolute atomic E-state index is 0.178. The average molecular weight is 283 g/mol. The molecule has 0 bridgehead atoms. The first-order valence-electron chi connectivity index (χ1n) is 6.06. The van der Waals surface area contributed by atoms with Gasteiger partial charge in [-0.15, -0.1) is 12.3 Å². The minimum Gasteiger partial charge on any atom is -0.492 e. The summed E-state index contributed by atoms with van der Waals surface area (Å²) in [6.07, 6.45) is 6.94. The van der Waals surface area contributed by atoms with Gasteiger partial charge in [-0.3, -0.25) is 0 Å². The Morgan fingerprint density at radius 1 is 1.16 bits per heavy atom. The Balaban J connectivity index is 3.48. The van der Waals surface area contributed by atoms with Gasteiger partial charge < -0.3 is 14.2 Å². The Morgan fingerprint density at radius 3 is 2.16 bits per heavy atom. The summed E-state index contributed by atoms with van der Waals surface area (Å²) in [6.45, 7) is 2.08. The van der Waals surface area contributed by atoms with Crippen molar-refractivity contribution in [1.29, 1.82) is 0 Å². The number of methoxy groups -OCH3 is 3. The van der Waals surface area contributed by atoms with Crippen molar-refractivity contribution in [2.45, 2.75) is 25.7 Å². The Kier molecular flexibility index (Phi) is 5.85. The molecule has 0 radical (unpaired) electrons. The maximum absolute atomic E-state index is 6.23. The number of hydrogen-bond acceptors (Lipinski definition) is 3. The van der Waals surface area contributed by atoms with Gasteiger partial charge in [-0.05, 0) is 18.4 Å². The quantitative estimate of drug-likeness (QED) is 0.741. The lowest BCUT2D eigenvalue weighted by molar-refractivity contribution is 0.320. The molecule has 0 aliphatic carbocycles. The average Bonchev–Trinajstić information content (AvgIpc) is 2.43. The zero-order chi connectivity index (χ0) is 14.4. The second-order valence-electron chi connectivity index (χ2n) is 4.06. The molecule has 0 N–H and O–H groups in total. The van der Waals surface area contributed by atoms with Gasteiger partial charge in [-0.2, -0.15) is 0 Å². The first kappa shape index (κ1) is 15.5. The van der Waals surface area contributed by atoms with Crippen LogP contribution < -0.4 is 14.2 Å². The van der Waals surface area contributed by atoms with Gasteiger partial charge in [0, 0.05) is 12.0 Å². The van der Waals surface area contributed by atoms with Gasteiger partial charge in [0.05, 0.1) is 26.4 Å². The van der Waals surface area contributed by atoms with E-state index in [-0.39, 0.29) is 5.92 Å². The van der Waals surface area contributed by atoms with Crippen LogP contribution in [0.4, 0.5) is 0 Å². The van der Waals surface area contributed by atoms with Gasteiger partial charge >= 0.3 is 0 Å². The van der Waals surface area contributed by atoms with Crippen molar-refractivity contribution < 1.29 is 14.2 Å². The van der Waals surface area contributed by atoms with Gasteiger partial charge in [0.2, 0.25) is 5.75 Å². The molecule has 1 unspecified atom stereocenters. The van der Waals surface area contributed by atoms with Gasteiger partial charge in [0.25, 0.3) is 0 Å². The zero-order valence-corrected chi connectivity index (χ0v) is 12.5. The van der Waals surface area contributed by atoms with Crippen LogP contribution in [0, 0.1) is 12.3 Å². The molecule has 104 valence electrons. The Hall–Kier alpha value is -1.53. The molecule has 1 rings (SSSR count). The molecule has 0 saturated carbocycles. The van der Waals surface area contributed by atoms with E-state index in [1.807, 2.05) is 6.07 Å². The van der Waals surface area contributed by atoms with Gasteiger partial charge in [0.15, 0.2) is 11.5 Å². The van der Waals surface area contributed by atoms with E-state index in [0.29, 0.717) is 28.7 Å². The van der Waals surface area contributed by atoms with E-state index in [1.165, 1.54) is 0 Å². The third-order valence-electron chi connectivity index (χ3n) is 3.08. The van der Waals surface area contributed by atoms with Gasteiger partial charge in [-0.25, -0.2) is 0 Å². The predicted molar refractivity (Wildman–Crippen MR) is 77.6 cm³/mol. The minimum atomic E-state index is 0.178. The standard InChI is InChI=1S/C15H19ClO3/c1-6-8-10(7-2)11-9-12(16)14(18-4)15(19-5)13(11)17-3/h1,9-10H,7-8H2,2-5H3. The topological polar surface area (TPSA) is 27.7 Å². The molecule has 3 nitrogen and oxygen atoms in total. The summed E-state index contributed by atoms with van der Waals surface area (Å²) in [5.41, 5.74) is 0.950. The lowest BCUT2D eigenvalue weighted by Gasteiger charge is -2.21. The normalized spacial score (nSPS) is 11.6. The van der Waals surface area contributed by atoms with E-state index in [2.05, 4.69) is 12.8 Å². The van der Waals surface area contributed by atoms with Crippen molar-refractivity contribution in [3.05, 3.63) is 16.7 Å². The molecule has 1 aromatic rings. The van der Waals surface area contributed by atoms with Crippen LogP contribution in [0.1, 0.15) is 31.2 Å². The molecule has 19 heavy (non-hydrogen) atoms. The monoisotopic (exact) mass is 282 g/mol. The van der Waals surface area contributed by atoms with E-state index >= 15 is 0 Å². The molecule has 0 aromatic heterocycles. The van der Waals surface area contributed by atoms with Crippen LogP contribution in [0.5, 0.6) is 17.2 Å². The number of ether oxygens (including phenoxy) is 3. The molecule has 4 heteroatoms. The highest BCUT2D eigenvalue weighted by molar-refractivity contribution is 6.32. The Bertz CT molecular complexity index is 477. The summed E-state index contributed by atoms with van der Waals surface area (Å²) in [5, 5.41) is 0.491. The molecule has 0 aliphatic heterocycles. The number of rotatable bonds is 6. The molecule has 0 heterocycles. The summed E-state index contributed by atoms with van der Waals surface area (Å²) < 4.78 is 16.1. The van der Waals surface area contributed by atoms with Crippen LogP contribution in [0.15, 0.2) is 6.07 Å². The molecule has 1 aromatic carbocycles. The predicted octanol–water partition coefficient (Wildman–Crippen LogP) is 3.88. The van der Waals surface area contributed by atoms with E-state index in [9.17, 15) is 0 Å². The van der Waals surface area contributed by atoms with Crippen molar-refractivity contribution in [2.24, 2.45) is 0 Å². The molecule has 0 aliphatic rings. The first-order valence-corrected chi connectivity index (χ1v) is 6.44. The molecule has 0 spiro atoms. The lowest BCUT2D eigenvalue weighted by atomic mass is 9.92. The smallest absolute Gasteiger partial charge is 0.205 e. The van der Waals surface area contributed by atoms with Crippen LogP contribution in [0.2, 0.25) is 5.02 Å². The van der Waals surface area contributed by atoms with Crippen molar-refractivity contribution in [2.75, 3.05) is 21.3 Å². The van der Waals surface area contributed by atoms with Gasteiger partial charge in [-0.1, -0.05) is 18.5 Å². The van der Waals surface area contributed by atoms with E-state index in [1.54, 1.807) is 21.3 Å². The maximum Gasteiger partial charge on any atom is 0.205 e. The van der Waals surface area contributed by atoms with E-state index in [0.717, 1.165) is 12.0 Å². The zero-order valence-electron chi connectivity index (χ0n) is 11.7. The highest BCUT2D eigenvalue weighted by Gasteiger charge is 2.23. The van der Waals surface area contributed by atoms with Crippen molar-refractivity contribution >= 4 is 11.6 Å². The largest absolute Gasteiger partial charge is 0.492 e. The van der Waals surface area contributed by atoms with Crippen molar-refractivity contribution in [3.63, 3.8) is 0 Å². The van der Waals surface area contributed by atoms with Crippen LogP contribution >= 0.6 is 11.6 Å². The highest BCUT2D eigenvalue weighted by atomic mass is 35.5. The third kappa shape index (κ3) is 3.08. The number of terminal acetylenes is 1. The fraction of sp³-hybridized carbons (Fsp3) is 0.467. The SMILES string of the molecule is C#CCC(CC)c1cc(Cl)c(OC)c(OC)c1OC. The fourth-order valence-electron chi connectivity index (χ4n) is 2.12. The summed E-state index contributed by atoms with van der Waals surface area (Å²) in [7, 11) is 4.70. The van der Waals surface area contributed by atoms with Crippen LogP contribution in [0.3, 0.4) is 0 Å². The molecular formula is C15H19ClO3. The van der Waals surface area contributed by atoms with Gasteiger partial charge in [0.1, 0.15) is 0 Å². The Labute approximate surface area is 119 Å². The summed E-state index contributed by atoms with van der Waals surface area (Å²) >= 11 is 6.23. The maximum atomic E-state index is 6.23. The van der Waals surface area contributed by atoms with E-state index in [4.69, 9.17) is 32.2 Å². The fourth-order valence-corrected chi connectivity index (χ4v) is 2.40. The number of benzene rings is 1. The van der Waals surface area contributed by atoms with Crippen LogP contribution in [-0.4, -0.2) is 21.3 Å². The molecule has 0 fully saturated rings. The molecular weight excluding hydrogens is 264 g/mol. The number of hydrogen-bond donors (Lipinski definition) is 0. The van der Waals surface area contributed by atoms with Crippen LogP contribution in [0.25, 0.3) is 0 Å². The van der Waals surface area contributed by atoms with Crippen LogP contribution in [-0.2, 0) is 0 Å². The Morgan fingerprint density at radius 2 is 1.74 bits per heavy atom. The second kappa shape index (κ2) is 7.16. The van der Waals surface area contributed by atoms with Crippen molar-refractivity contribution in [1.82, 2.24) is 0 Å². The summed E-state index contributed by atoms with van der Waals surface area (Å²) in [4.78, 5) is 0. The first-order chi connectivity index (χ1) is 9.14. The summed E-state index contributed by atoms with van der Waals surface area (Å²) in [6, 6.07) is 1.84. The second-order valence-corrected chi connectivity index (χ2v) is 4.47.